The highest BCUT2D eigenvalue weighted by Gasteiger charge is 2.34. The maximum Gasteiger partial charge on any atom is 0.259 e. The lowest BCUT2D eigenvalue weighted by molar-refractivity contribution is -0.115. The van der Waals surface area contributed by atoms with E-state index in [4.69, 9.17) is 4.74 Å². The van der Waals surface area contributed by atoms with Crippen LogP contribution in [0.2, 0.25) is 0 Å². The molecule has 156 valence electrons. The average molecular weight is 415 g/mol. The Morgan fingerprint density at radius 2 is 1.93 bits per heavy atom. The Labute approximate surface area is 176 Å². The first-order chi connectivity index (χ1) is 13.7. The molecule has 0 spiro atoms. The molecule has 2 aromatic rings. The van der Waals surface area contributed by atoms with E-state index in [0.29, 0.717) is 34.3 Å². The van der Waals surface area contributed by atoms with Gasteiger partial charge < -0.3 is 15.4 Å². The molecule has 1 aliphatic rings. The van der Waals surface area contributed by atoms with Crippen molar-refractivity contribution in [1.29, 1.82) is 0 Å². The van der Waals surface area contributed by atoms with Gasteiger partial charge in [-0.15, -0.1) is 11.3 Å². The third-order valence-corrected chi connectivity index (χ3v) is 6.82. The van der Waals surface area contributed by atoms with E-state index in [2.05, 4.69) is 31.4 Å². The van der Waals surface area contributed by atoms with Crippen molar-refractivity contribution < 1.29 is 14.3 Å². The average Bonchev–Trinajstić information content (AvgIpc) is 3.04. The zero-order valence-corrected chi connectivity index (χ0v) is 18.7. The highest BCUT2D eigenvalue weighted by molar-refractivity contribution is 7.17. The predicted molar refractivity (Wildman–Crippen MR) is 119 cm³/mol. The number of fused-ring (bicyclic) bond motifs is 1. The quantitative estimate of drug-likeness (QED) is 0.678. The summed E-state index contributed by atoms with van der Waals surface area (Å²) in [7, 11) is 1.58. The highest BCUT2D eigenvalue weighted by atomic mass is 32.1. The number of ether oxygens (including phenoxy) is 1. The minimum absolute atomic E-state index is 0.0812. The van der Waals surface area contributed by atoms with E-state index in [9.17, 15) is 9.59 Å². The van der Waals surface area contributed by atoms with E-state index >= 15 is 0 Å². The van der Waals surface area contributed by atoms with Gasteiger partial charge >= 0.3 is 0 Å². The molecule has 1 aliphatic carbocycles. The van der Waals surface area contributed by atoms with Crippen LogP contribution in [0.3, 0.4) is 0 Å². The fourth-order valence-electron chi connectivity index (χ4n) is 3.80. The summed E-state index contributed by atoms with van der Waals surface area (Å²) in [5, 5.41) is 6.59. The number of hydrogen-bond donors (Lipinski definition) is 2. The van der Waals surface area contributed by atoms with E-state index in [1.165, 1.54) is 4.88 Å². The second kappa shape index (κ2) is 8.57. The first-order valence-corrected chi connectivity index (χ1v) is 10.9. The summed E-state index contributed by atoms with van der Waals surface area (Å²) in [6, 6.07) is 7.34. The van der Waals surface area contributed by atoms with Crippen molar-refractivity contribution in [2.75, 3.05) is 17.7 Å². The Bertz CT molecular complexity index is 911. The molecule has 1 atom stereocenters. The monoisotopic (exact) mass is 414 g/mol. The van der Waals surface area contributed by atoms with Gasteiger partial charge in [0.15, 0.2) is 0 Å². The standard InChI is InChI=1S/C23H30N2O3S/c1-6-19(26)25-22-20(21(27)24-16-9-7-8-10-17(16)28-5)15-12-11-14(23(2,3)4)13-18(15)29-22/h7-10,14H,6,11-13H2,1-5H3,(H,24,27)(H,25,26). The second-order valence-electron chi connectivity index (χ2n) is 8.57. The van der Waals surface area contributed by atoms with Crippen LogP contribution in [0.1, 0.15) is 61.3 Å². The van der Waals surface area contributed by atoms with Gasteiger partial charge in [-0.25, -0.2) is 0 Å². The summed E-state index contributed by atoms with van der Waals surface area (Å²) < 4.78 is 5.36. The molecule has 1 aromatic heterocycles. The van der Waals surface area contributed by atoms with Crippen LogP contribution in [0.15, 0.2) is 24.3 Å². The largest absolute Gasteiger partial charge is 0.495 e. The number of carbonyl (C=O) groups is 2. The predicted octanol–water partition coefficient (Wildman–Crippen LogP) is 5.51. The number of benzene rings is 1. The topological polar surface area (TPSA) is 67.4 Å². The van der Waals surface area contributed by atoms with Gasteiger partial charge in [0.2, 0.25) is 5.91 Å². The minimum Gasteiger partial charge on any atom is -0.495 e. The van der Waals surface area contributed by atoms with Crippen LogP contribution < -0.4 is 15.4 Å². The molecule has 1 heterocycles. The summed E-state index contributed by atoms with van der Waals surface area (Å²) in [4.78, 5) is 26.6. The molecular formula is C23H30N2O3S. The number of amides is 2. The number of carbonyl (C=O) groups excluding carboxylic acids is 2. The molecule has 29 heavy (non-hydrogen) atoms. The molecule has 0 saturated carbocycles. The molecule has 3 rings (SSSR count). The fourth-order valence-corrected chi connectivity index (χ4v) is 5.14. The lowest BCUT2D eigenvalue weighted by Gasteiger charge is -2.33. The van der Waals surface area contributed by atoms with Gasteiger partial charge in [0.25, 0.3) is 5.91 Å². The zero-order valence-electron chi connectivity index (χ0n) is 17.8. The number of para-hydroxylation sites is 2. The zero-order chi connectivity index (χ0) is 21.2. The van der Waals surface area contributed by atoms with E-state index in [-0.39, 0.29) is 17.2 Å². The summed E-state index contributed by atoms with van der Waals surface area (Å²) in [6.07, 6.45) is 3.22. The molecule has 0 radical (unpaired) electrons. The molecule has 0 saturated heterocycles. The first-order valence-electron chi connectivity index (χ1n) is 10.1. The molecule has 2 N–H and O–H groups in total. The third kappa shape index (κ3) is 4.64. The van der Waals surface area contributed by atoms with Crippen LogP contribution in [0.5, 0.6) is 5.75 Å². The van der Waals surface area contributed by atoms with Crippen LogP contribution >= 0.6 is 11.3 Å². The van der Waals surface area contributed by atoms with Crippen molar-refractivity contribution in [2.24, 2.45) is 11.3 Å². The Balaban J connectivity index is 1.97. The van der Waals surface area contributed by atoms with Crippen molar-refractivity contribution in [1.82, 2.24) is 0 Å². The van der Waals surface area contributed by atoms with Crippen molar-refractivity contribution in [3.8, 4) is 5.75 Å². The summed E-state index contributed by atoms with van der Waals surface area (Å²) >= 11 is 1.55. The Hall–Kier alpha value is -2.34. The van der Waals surface area contributed by atoms with Gasteiger partial charge in [0.05, 0.1) is 18.4 Å². The van der Waals surface area contributed by atoms with Crippen molar-refractivity contribution in [2.45, 2.75) is 53.4 Å². The Morgan fingerprint density at radius 3 is 2.59 bits per heavy atom. The summed E-state index contributed by atoms with van der Waals surface area (Å²) in [6.45, 7) is 8.62. The van der Waals surface area contributed by atoms with Crippen molar-refractivity contribution in [3.05, 3.63) is 40.3 Å². The van der Waals surface area contributed by atoms with Crippen LogP contribution in [0, 0.1) is 11.3 Å². The lowest BCUT2D eigenvalue weighted by atomic mass is 9.72. The van der Waals surface area contributed by atoms with E-state index < -0.39 is 0 Å². The lowest BCUT2D eigenvalue weighted by Crippen LogP contribution is -2.27. The molecule has 0 aliphatic heterocycles. The molecule has 5 nitrogen and oxygen atoms in total. The Kier molecular flexibility index (Phi) is 6.32. The van der Waals surface area contributed by atoms with Gasteiger partial charge in [-0.2, -0.15) is 0 Å². The van der Waals surface area contributed by atoms with E-state index in [1.807, 2.05) is 31.2 Å². The molecule has 2 amide bonds. The highest BCUT2D eigenvalue weighted by Crippen LogP contribution is 2.44. The van der Waals surface area contributed by atoms with Gasteiger partial charge in [0.1, 0.15) is 10.8 Å². The number of hydrogen-bond acceptors (Lipinski definition) is 4. The van der Waals surface area contributed by atoms with Gasteiger partial charge in [-0.1, -0.05) is 39.8 Å². The SMILES string of the molecule is CCC(=O)Nc1sc2c(c1C(=O)Nc1ccccc1OC)CCC(C(C)(C)C)C2. The Morgan fingerprint density at radius 1 is 1.21 bits per heavy atom. The number of anilines is 2. The van der Waals surface area contributed by atoms with Crippen LogP contribution in [0.4, 0.5) is 10.7 Å². The fraction of sp³-hybridized carbons (Fsp3) is 0.478. The third-order valence-electron chi connectivity index (χ3n) is 5.65. The second-order valence-corrected chi connectivity index (χ2v) is 9.67. The smallest absolute Gasteiger partial charge is 0.259 e. The molecule has 0 fully saturated rings. The molecular weight excluding hydrogens is 384 g/mol. The number of methoxy groups -OCH3 is 1. The molecule has 6 heteroatoms. The van der Waals surface area contributed by atoms with Crippen molar-refractivity contribution >= 4 is 33.8 Å². The summed E-state index contributed by atoms with van der Waals surface area (Å²) in [5.41, 5.74) is 2.52. The van der Waals surface area contributed by atoms with Gasteiger partial charge in [0, 0.05) is 11.3 Å². The normalized spacial score (nSPS) is 16.1. The minimum atomic E-state index is -0.201. The van der Waals surface area contributed by atoms with Gasteiger partial charge in [-0.05, 0) is 48.3 Å². The molecule has 1 aromatic carbocycles. The van der Waals surface area contributed by atoms with Crippen LogP contribution in [-0.2, 0) is 17.6 Å². The maximum atomic E-state index is 13.3. The number of rotatable bonds is 5. The van der Waals surface area contributed by atoms with E-state index in [0.717, 1.165) is 24.8 Å². The van der Waals surface area contributed by atoms with E-state index in [1.54, 1.807) is 18.4 Å². The molecule has 0 bridgehead atoms. The maximum absolute atomic E-state index is 13.3. The summed E-state index contributed by atoms with van der Waals surface area (Å²) in [5.74, 6) is 0.889. The first kappa shape index (κ1) is 21.4. The molecule has 1 unspecified atom stereocenters. The van der Waals surface area contributed by atoms with Crippen LogP contribution in [-0.4, -0.2) is 18.9 Å². The number of nitrogens with one attached hydrogen (secondary N) is 2. The van der Waals surface area contributed by atoms with Gasteiger partial charge in [-0.3, -0.25) is 9.59 Å². The van der Waals surface area contributed by atoms with Crippen molar-refractivity contribution in [3.63, 3.8) is 0 Å². The van der Waals surface area contributed by atoms with Crippen LogP contribution in [0.25, 0.3) is 0 Å². The number of thiophene rings is 1.